The number of benzene rings is 1. The van der Waals surface area contributed by atoms with Crippen molar-refractivity contribution < 1.29 is 22.4 Å². The van der Waals surface area contributed by atoms with Gasteiger partial charge in [0.25, 0.3) is 0 Å². The molecule has 0 spiro atoms. The van der Waals surface area contributed by atoms with Crippen LogP contribution in [0.2, 0.25) is 0 Å². The number of aliphatic hydroxyl groups excluding tert-OH is 1. The Morgan fingerprint density at radius 3 is 2.27 bits per heavy atom. The van der Waals surface area contributed by atoms with E-state index in [1.807, 2.05) is 30.3 Å². The molecular formula is C12H18ClNO. The lowest BCUT2D eigenvalue weighted by atomic mass is 10.00. The standard InChI is InChI=1S/C12H17NO.ClH/c1-10(13-8-5-9-13)12(14)11-6-3-2-4-7-11;/h2-4,6-7,10,12,14H,5,8-9H2,1H3;1H. The molecule has 2 rings (SSSR count). The molecule has 1 heterocycles. The Morgan fingerprint density at radius 1 is 1.20 bits per heavy atom. The van der Waals surface area contributed by atoms with Gasteiger partial charge in [-0.2, -0.15) is 0 Å². The Balaban J connectivity index is 0.00000112. The van der Waals surface area contributed by atoms with Crippen LogP contribution in [-0.4, -0.2) is 24.2 Å². The van der Waals surface area contributed by atoms with Gasteiger partial charge in [-0.25, -0.2) is 0 Å². The van der Waals surface area contributed by atoms with Crippen LogP contribution in [0.1, 0.15) is 25.0 Å². The summed E-state index contributed by atoms with van der Waals surface area (Å²) in [7, 11) is 0. The smallest absolute Gasteiger partial charge is 0.130 e. The molecule has 1 aromatic rings. The van der Waals surface area contributed by atoms with Crippen LogP contribution in [0.25, 0.3) is 0 Å². The van der Waals surface area contributed by atoms with Crippen molar-refractivity contribution in [2.75, 3.05) is 13.1 Å². The van der Waals surface area contributed by atoms with Crippen molar-refractivity contribution in [3.05, 3.63) is 35.9 Å². The number of hydrogen-bond donors (Lipinski definition) is 2. The van der Waals surface area contributed by atoms with Crippen molar-refractivity contribution in [3.63, 3.8) is 0 Å². The molecule has 1 aliphatic heterocycles. The fourth-order valence-electron chi connectivity index (χ4n) is 2.00. The highest BCUT2D eigenvalue weighted by Crippen LogP contribution is 2.14. The van der Waals surface area contributed by atoms with Gasteiger partial charge in [0, 0.05) is 6.42 Å². The third-order valence-corrected chi connectivity index (χ3v) is 3.25. The Morgan fingerprint density at radius 2 is 1.80 bits per heavy atom. The topological polar surface area (TPSA) is 24.7 Å². The number of hydrogen-bond acceptors (Lipinski definition) is 1. The molecule has 15 heavy (non-hydrogen) atoms. The Bertz CT molecular complexity index is 287. The van der Waals surface area contributed by atoms with E-state index >= 15 is 0 Å². The molecule has 0 saturated carbocycles. The lowest BCUT2D eigenvalue weighted by Gasteiger charge is -2.35. The molecule has 2 unspecified atom stereocenters. The fourth-order valence-corrected chi connectivity index (χ4v) is 2.00. The summed E-state index contributed by atoms with van der Waals surface area (Å²) in [6.07, 6.45) is 0.993. The monoisotopic (exact) mass is 227 g/mol. The number of nitrogens with one attached hydrogen (secondary N) is 1. The molecule has 0 radical (unpaired) electrons. The maximum Gasteiger partial charge on any atom is 0.130 e. The first-order chi connectivity index (χ1) is 6.79. The van der Waals surface area contributed by atoms with Gasteiger partial charge in [-0.05, 0) is 12.5 Å². The van der Waals surface area contributed by atoms with Crippen LogP contribution >= 0.6 is 0 Å². The van der Waals surface area contributed by atoms with Gasteiger partial charge in [-0.15, -0.1) is 0 Å². The van der Waals surface area contributed by atoms with Gasteiger partial charge >= 0.3 is 0 Å². The van der Waals surface area contributed by atoms with Crippen molar-refractivity contribution >= 4 is 0 Å². The summed E-state index contributed by atoms with van der Waals surface area (Å²) in [6, 6.07) is 10.3. The van der Waals surface area contributed by atoms with Gasteiger partial charge < -0.3 is 22.4 Å². The third kappa shape index (κ3) is 2.71. The van der Waals surface area contributed by atoms with Gasteiger partial charge in [-0.3, -0.25) is 0 Å². The van der Waals surface area contributed by atoms with Crippen LogP contribution in [0.5, 0.6) is 0 Å². The summed E-state index contributed by atoms with van der Waals surface area (Å²) in [6.45, 7) is 4.56. The van der Waals surface area contributed by atoms with Crippen LogP contribution in [0.4, 0.5) is 0 Å². The van der Waals surface area contributed by atoms with Crippen LogP contribution in [0.3, 0.4) is 0 Å². The minimum Gasteiger partial charge on any atom is -1.00 e. The van der Waals surface area contributed by atoms with Crippen LogP contribution in [0.15, 0.2) is 30.3 Å². The van der Waals surface area contributed by atoms with E-state index in [-0.39, 0.29) is 18.5 Å². The average Bonchev–Trinajstić information content (AvgIpc) is 2.15. The van der Waals surface area contributed by atoms with E-state index in [9.17, 15) is 5.11 Å². The predicted molar refractivity (Wildman–Crippen MR) is 56.2 cm³/mol. The molecule has 3 heteroatoms. The zero-order valence-electron chi connectivity index (χ0n) is 8.99. The first kappa shape index (κ1) is 12.5. The maximum absolute atomic E-state index is 10.1. The summed E-state index contributed by atoms with van der Waals surface area (Å²) in [5.41, 5.74) is 1.04. The van der Waals surface area contributed by atoms with E-state index in [0.717, 1.165) is 5.56 Å². The molecule has 1 aliphatic rings. The van der Waals surface area contributed by atoms with E-state index in [1.165, 1.54) is 24.4 Å². The van der Waals surface area contributed by atoms with Gasteiger partial charge in [0.2, 0.25) is 0 Å². The molecule has 1 aromatic carbocycles. The normalized spacial score (nSPS) is 19.9. The number of aliphatic hydroxyl groups is 1. The summed E-state index contributed by atoms with van der Waals surface area (Å²) >= 11 is 0. The molecule has 0 amide bonds. The van der Waals surface area contributed by atoms with Crippen LogP contribution in [-0.2, 0) is 0 Å². The number of likely N-dealkylation sites (tertiary alicyclic amines) is 1. The zero-order valence-corrected chi connectivity index (χ0v) is 9.74. The van der Waals surface area contributed by atoms with E-state index in [0.29, 0.717) is 6.04 Å². The Labute approximate surface area is 97.3 Å². The first-order valence-corrected chi connectivity index (χ1v) is 5.36. The maximum atomic E-state index is 10.1. The quantitative estimate of drug-likeness (QED) is 0.582. The minimum absolute atomic E-state index is 0. The third-order valence-electron chi connectivity index (χ3n) is 3.25. The fraction of sp³-hybridized carbons (Fsp3) is 0.500. The van der Waals surface area contributed by atoms with Crippen molar-refractivity contribution in [3.8, 4) is 0 Å². The van der Waals surface area contributed by atoms with Crippen molar-refractivity contribution in [2.45, 2.75) is 25.5 Å². The van der Waals surface area contributed by atoms with E-state index in [1.54, 1.807) is 0 Å². The highest BCUT2D eigenvalue weighted by Gasteiger charge is 2.30. The lowest BCUT2D eigenvalue weighted by molar-refractivity contribution is -0.964. The SMILES string of the molecule is CC(C(O)c1ccccc1)[NH+]1CCC1.[Cl-]. The zero-order chi connectivity index (χ0) is 9.97. The molecule has 2 N–H and O–H groups in total. The van der Waals surface area contributed by atoms with E-state index in [4.69, 9.17) is 0 Å². The molecule has 1 saturated heterocycles. The van der Waals surface area contributed by atoms with Gasteiger partial charge in [0.15, 0.2) is 0 Å². The molecule has 0 aromatic heterocycles. The van der Waals surface area contributed by atoms with Crippen LogP contribution < -0.4 is 17.3 Å². The second-order valence-electron chi connectivity index (χ2n) is 4.16. The predicted octanol–water partition coefficient (Wildman–Crippen LogP) is -2.60. The average molecular weight is 228 g/mol. The molecule has 0 aliphatic carbocycles. The summed E-state index contributed by atoms with van der Waals surface area (Å²) in [4.78, 5) is 1.53. The largest absolute Gasteiger partial charge is 1.00 e. The molecule has 2 atom stereocenters. The molecule has 84 valence electrons. The summed E-state index contributed by atoms with van der Waals surface area (Å²) in [5, 5.41) is 10.1. The van der Waals surface area contributed by atoms with Gasteiger partial charge in [0.1, 0.15) is 12.1 Å². The Kier molecular flexibility index (Phi) is 4.58. The molecule has 2 nitrogen and oxygen atoms in total. The van der Waals surface area contributed by atoms with Gasteiger partial charge in [0.05, 0.1) is 13.1 Å². The highest BCUT2D eigenvalue weighted by molar-refractivity contribution is 5.17. The lowest BCUT2D eigenvalue weighted by Crippen LogP contribution is -3.21. The first-order valence-electron chi connectivity index (χ1n) is 5.36. The molecule has 0 bridgehead atoms. The highest BCUT2D eigenvalue weighted by atomic mass is 35.5. The minimum atomic E-state index is -0.313. The van der Waals surface area contributed by atoms with Crippen molar-refractivity contribution in [1.82, 2.24) is 0 Å². The molecule has 1 fully saturated rings. The summed E-state index contributed by atoms with van der Waals surface area (Å²) in [5.74, 6) is 0. The number of quaternary nitrogens is 1. The molecular weight excluding hydrogens is 210 g/mol. The number of rotatable bonds is 3. The summed E-state index contributed by atoms with van der Waals surface area (Å²) < 4.78 is 0. The van der Waals surface area contributed by atoms with Crippen LogP contribution in [0, 0.1) is 0 Å². The van der Waals surface area contributed by atoms with E-state index in [2.05, 4.69) is 6.92 Å². The Hall–Kier alpha value is -0.570. The van der Waals surface area contributed by atoms with Crippen molar-refractivity contribution in [1.29, 1.82) is 0 Å². The second kappa shape index (κ2) is 5.50. The van der Waals surface area contributed by atoms with E-state index < -0.39 is 0 Å². The second-order valence-corrected chi connectivity index (χ2v) is 4.16. The van der Waals surface area contributed by atoms with Gasteiger partial charge in [-0.1, -0.05) is 30.3 Å². The van der Waals surface area contributed by atoms with Crippen molar-refractivity contribution in [2.24, 2.45) is 0 Å². The number of halogens is 1.